The van der Waals surface area contributed by atoms with Gasteiger partial charge in [-0.25, -0.2) is 4.99 Å². The zero-order valence-electron chi connectivity index (χ0n) is 26.2. The molecule has 0 aromatic carbocycles. The zero-order valence-corrected chi connectivity index (χ0v) is 26.2. The van der Waals surface area contributed by atoms with Crippen LogP contribution < -0.4 is 16.0 Å². The van der Waals surface area contributed by atoms with Crippen LogP contribution in [0.1, 0.15) is 107 Å². The maximum atomic E-state index is 5.82. The quantitative estimate of drug-likeness (QED) is 0.337. The molecular weight excluding hydrogens is 488 g/mol. The Morgan fingerprint density at radius 1 is 0.750 bits per heavy atom. The Morgan fingerprint density at radius 3 is 2.02 bits per heavy atom. The first-order chi connectivity index (χ1) is 19.3. The van der Waals surface area contributed by atoms with Crippen molar-refractivity contribution in [1.29, 1.82) is 0 Å². The molecule has 4 heteroatoms. The van der Waals surface area contributed by atoms with Crippen molar-refractivity contribution in [3.8, 4) is 0 Å². The van der Waals surface area contributed by atoms with E-state index in [1.54, 1.807) is 16.7 Å². The van der Waals surface area contributed by atoms with Crippen molar-refractivity contribution in [1.82, 2.24) is 10.3 Å². The molecule has 0 amide bonds. The summed E-state index contributed by atoms with van der Waals surface area (Å²) in [6.45, 7) is 18.9. The van der Waals surface area contributed by atoms with Gasteiger partial charge in [-0.1, -0.05) is 55.4 Å². The number of nitrogens with zero attached hydrogens (tertiary/aromatic N) is 2. The van der Waals surface area contributed by atoms with Crippen LogP contribution in [0.5, 0.6) is 0 Å². The Morgan fingerprint density at radius 2 is 1.45 bits per heavy atom. The fraction of sp³-hybridized carbons (Fsp3) is 0.556. The third kappa shape index (κ3) is 4.12. The van der Waals surface area contributed by atoms with E-state index in [4.69, 9.17) is 9.98 Å². The molecule has 0 aliphatic carbocycles. The molecule has 0 fully saturated rings. The van der Waals surface area contributed by atoms with Crippen molar-refractivity contribution < 1.29 is 0 Å². The summed E-state index contributed by atoms with van der Waals surface area (Å²) >= 11 is 0. The van der Waals surface area contributed by atoms with E-state index < -0.39 is 0 Å². The van der Waals surface area contributed by atoms with E-state index in [1.165, 1.54) is 11.3 Å². The molecule has 0 saturated heterocycles. The molecule has 8 bridgehead atoms. The number of hydrogen-bond donors (Lipinski definition) is 2. The van der Waals surface area contributed by atoms with Gasteiger partial charge in [0.1, 0.15) is 0 Å². The van der Waals surface area contributed by atoms with Gasteiger partial charge in [0.2, 0.25) is 0 Å². The van der Waals surface area contributed by atoms with Gasteiger partial charge in [-0.2, -0.15) is 0 Å². The minimum absolute atomic E-state index is 0.131. The highest BCUT2D eigenvalue weighted by Gasteiger charge is 2.59. The van der Waals surface area contributed by atoms with Crippen molar-refractivity contribution in [2.24, 2.45) is 15.9 Å². The van der Waals surface area contributed by atoms with Crippen molar-refractivity contribution in [3.05, 3.63) is 69.0 Å². The average molecular weight is 539 g/mol. The lowest BCUT2D eigenvalue weighted by molar-refractivity contribution is 0.144. The van der Waals surface area contributed by atoms with Gasteiger partial charge in [0.05, 0.1) is 28.2 Å². The molecular formula is C36H50N4. The molecule has 4 nitrogen and oxygen atoms in total. The second-order valence-corrected chi connectivity index (χ2v) is 11.9. The third-order valence-corrected chi connectivity index (χ3v) is 10.5. The monoisotopic (exact) mass is 538 g/mol. The second kappa shape index (κ2) is 10.9. The van der Waals surface area contributed by atoms with Gasteiger partial charge in [0.15, 0.2) is 0 Å². The normalized spacial score (nSPS) is 34.3. The number of hydrogen-bond acceptors (Lipinski definition) is 3. The molecule has 4 aliphatic rings. The van der Waals surface area contributed by atoms with Gasteiger partial charge in [0, 0.05) is 22.2 Å². The molecule has 1 aromatic heterocycles. The summed E-state index contributed by atoms with van der Waals surface area (Å²) in [5.41, 5.74) is 8.85. The van der Waals surface area contributed by atoms with Crippen LogP contribution in [0.25, 0.3) is 12.2 Å². The molecule has 1 aromatic rings. The van der Waals surface area contributed by atoms with E-state index >= 15 is 0 Å². The molecule has 0 spiro atoms. The first-order valence-corrected chi connectivity index (χ1v) is 16.1. The van der Waals surface area contributed by atoms with E-state index in [-0.39, 0.29) is 16.6 Å². The van der Waals surface area contributed by atoms with Crippen molar-refractivity contribution >= 4 is 23.6 Å². The van der Waals surface area contributed by atoms with E-state index in [1.807, 2.05) is 0 Å². The van der Waals surface area contributed by atoms with Crippen molar-refractivity contribution in [2.45, 2.75) is 123 Å². The lowest BCUT2D eigenvalue weighted by atomic mass is 9.61. The molecule has 4 atom stereocenters. The summed E-state index contributed by atoms with van der Waals surface area (Å²) in [7, 11) is 0. The van der Waals surface area contributed by atoms with E-state index in [2.05, 4.69) is 108 Å². The molecule has 5 rings (SSSR count). The van der Waals surface area contributed by atoms with E-state index in [9.17, 15) is 0 Å². The highest BCUT2D eigenvalue weighted by molar-refractivity contribution is 6.22. The van der Waals surface area contributed by atoms with Crippen molar-refractivity contribution in [3.63, 3.8) is 0 Å². The van der Waals surface area contributed by atoms with Crippen LogP contribution in [0.15, 0.2) is 68.3 Å². The van der Waals surface area contributed by atoms with Gasteiger partial charge in [-0.05, 0) is 116 Å². The zero-order chi connectivity index (χ0) is 28.7. The van der Waals surface area contributed by atoms with Crippen LogP contribution in [-0.4, -0.2) is 33.0 Å². The molecule has 40 heavy (non-hydrogen) atoms. The van der Waals surface area contributed by atoms with Crippen LogP contribution in [-0.2, 0) is 0 Å². The maximum absolute atomic E-state index is 5.82. The molecule has 0 radical (unpaired) electrons. The van der Waals surface area contributed by atoms with Gasteiger partial charge in [-0.3, -0.25) is 10.3 Å². The smallest absolute Gasteiger partial charge is 0.0876 e. The first kappa shape index (κ1) is 28.8. The topological polar surface area (TPSA) is 52.5 Å². The van der Waals surface area contributed by atoms with Crippen LogP contribution in [0.2, 0.25) is 0 Å². The molecule has 2 N–H and O–H groups in total. The lowest BCUT2D eigenvalue weighted by Crippen LogP contribution is -2.61. The number of allylic oxidation sites excluding steroid dienone is 3. The predicted octanol–water partition coefficient (Wildman–Crippen LogP) is 7.25. The standard InChI is InChI=1S/C36H50N4/c1-9-28-29(10-2)35(15-7)33(13-5)36(16-8)31(12-4)30(11-3)34(14-6,40-36)23-27-20-19-25(38-27)21-24-17-18-26(37-24)22-32(28)39-35/h17-23,33,37,40H,9-16H2,1-8H3/b24-21-,26-22-,27-23-. The van der Waals surface area contributed by atoms with Crippen LogP contribution >= 0.6 is 0 Å². The summed E-state index contributed by atoms with van der Waals surface area (Å²) in [5.74, 6) is 0.347. The van der Waals surface area contributed by atoms with E-state index in [0.29, 0.717) is 5.92 Å². The fourth-order valence-corrected chi connectivity index (χ4v) is 8.95. The second-order valence-electron chi connectivity index (χ2n) is 11.9. The summed E-state index contributed by atoms with van der Waals surface area (Å²) in [5, 5.41) is 6.61. The first-order valence-electron chi connectivity index (χ1n) is 16.1. The third-order valence-electron chi connectivity index (χ3n) is 10.5. The van der Waals surface area contributed by atoms with Gasteiger partial charge in [-0.15, -0.1) is 0 Å². The Hall–Kier alpha value is -2.72. The number of fused-ring (bicyclic) bond motifs is 6. The number of aromatic nitrogens is 1. The fourth-order valence-electron chi connectivity index (χ4n) is 8.95. The van der Waals surface area contributed by atoms with Gasteiger partial charge in [0.25, 0.3) is 0 Å². The molecule has 5 heterocycles. The number of rotatable bonds is 8. The van der Waals surface area contributed by atoms with Gasteiger partial charge < -0.3 is 4.98 Å². The summed E-state index contributed by atoms with van der Waals surface area (Å²) in [6, 6.07) is 4.34. The Labute approximate surface area is 241 Å². The van der Waals surface area contributed by atoms with Gasteiger partial charge >= 0.3 is 0 Å². The molecule has 4 unspecified atom stereocenters. The number of H-pyrrole nitrogens is 1. The maximum Gasteiger partial charge on any atom is 0.0876 e. The minimum Gasteiger partial charge on any atom is -0.355 e. The predicted molar refractivity (Wildman–Crippen MR) is 172 cm³/mol. The lowest BCUT2D eigenvalue weighted by Gasteiger charge is -2.50. The molecule has 214 valence electrons. The number of nitrogens with one attached hydrogen (secondary N) is 2. The summed E-state index contributed by atoms with van der Waals surface area (Å²) in [6.07, 6.45) is 19.5. The SMILES string of the molecule is CCC1=C(CC)C2(CC)N=C1/C=c1/cc/c([nH]1)=C/C1=NC(=C\C3(CC)NC(CC)(C(CC)=C3CC)C2CC)/C=C1. The summed E-state index contributed by atoms with van der Waals surface area (Å²) in [4.78, 5) is 14.5. The minimum atomic E-state index is -0.225. The summed E-state index contributed by atoms with van der Waals surface area (Å²) < 4.78 is 0. The van der Waals surface area contributed by atoms with Crippen LogP contribution in [0.3, 0.4) is 0 Å². The molecule has 4 aliphatic heterocycles. The van der Waals surface area contributed by atoms with Crippen molar-refractivity contribution in [2.75, 3.05) is 0 Å². The highest BCUT2D eigenvalue weighted by atomic mass is 15.1. The number of aromatic amines is 1. The Bertz CT molecular complexity index is 1470. The Balaban J connectivity index is 1.90. The Kier molecular flexibility index (Phi) is 7.87. The highest BCUT2D eigenvalue weighted by Crippen LogP contribution is 2.56. The molecule has 0 saturated carbocycles. The van der Waals surface area contributed by atoms with Crippen LogP contribution in [0.4, 0.5) is 0 Å². The largest absolute Gasteiger partial charge is 0.355 e. The number of aliphatic imine (C=N–C) groups is 2. The van der Waals surface area contributed by atoms with Crippen LogP contribution in [0, 0.1) is 5.92 Å². The van der Waals surface area contributed by atoms with E-state index in [0.717, 1.165) is 73.5 Å². The average Bonchev–Trinajstić information content (AvgIpc) is 3.72.